The Labute approximate surface area is 147 Å². The molecule has 1 saturated heterocycles. The third-order valence-electron chi connectivity index (χ3n) is 4.70. The Morgan fingerprint density at radius 2 is 2.12 bits per heavy atom. The molecule has 0 spiro atoms. The predicted octanol–water partition coefficient (Wildman–Crippen LogP) is 2.50. The molecule has 130 valence electrons. The van der Waals surface area contributed by atoms with Gasteiger partial charge in [-0.05, 0) is 44.2 Å². The first-order valence-electron chi connectivity index (χ1n) is 8.51. The van der Waals surface area contributed by atoms with Crippen LogP contribution in [0.15, 0.2) is 24.5 Å². The van der Waals surface area contributed by atoms with E-state index in [4.69, 9.17) is 0 Å². The summed E-state index contributed by atoms with van der Waals surface area (Å²) in [6.07, 6.45) is 5.64. The van der Waals surface area contributed by atoms with Crippen molar-refractivity contribution in [2.45, 2.75) is 38.5 Å². The quantitative estimate of drug-likeness (QED) is 0.903. The van der Waals surface area contributed by atoms with Crippen LogP contribution in [0.25, 0.3) is 5.65 Å². The highest BCUT2D eigenvalue weighted by Crippen LogP contribution is 2.21. The predicted molar refractivity (Wildman–Crippen MR) is 97.1 cm³/mol. The van der Waals surface area contributed by atoms with Gasteiger partial charge in [0.1, 0.15) is 5.65 Å². The number of thioether (sulfide) groups is 1. The van der Waals surface area contributed by atoms with Crippen LogP contribution < -0.4 is 0 Å². The zero-order valence-electron chi connectivity index (χ0n) is 14.3. The molecule has 3 rings (SSSR count). The molecule has 6 heteroatoms. The molecule has 1 atom stereocenters. The van der Waals surface area contributed by atoms with Crippen molar-refractivity contribution >= 4 is 23.3 Å². The number of imidazole rings is 1. The Hall–Kier alpha value is -1.53. The van der Waals surface area contributed by atoms with Gasteiger partial charge in [0.2, 0.25) is 5.91 Å². The third-order valence-corrected chi connectivity index (χ3v) is 5.65. The maximum absolute atomic E-state index is 12.3. The van der Waals surface area contributed by atoms with E-state index in [9.17, 15) is 9.90 Å². The number of carbonyl (C=O) groups is 1. The number of aromatic nitrogens is 2. The van der Waals surface area contributed by atoms with E-state index in [0.717, 1.165) is 43.0 Å². The minimum absolute atomic E-state index is 0.198. The average Bonchev–Trinajstić information content (AvgIpc) is 2.96. The largest absolute Gasteiger partial charge is 0.393 e. The number of hydrogen-bond donors (Lipinski definition) is 1. The third kappa shape index (κ3) is 4.11. The van der Waals surface area contributed by atoms with E-state index < -0.39 is 0 Å². The molecule has 1 aliphatic rings. The molecular formula is C18H25N3O2S. The van der Waals surface area contributed by atoms with Crippen molar-refractivity contribution in [1.82, 2.24) is 14.3 Å². The van der Waals surface area contributed by atoms with Gasteiger partial charge < -0.3 is 14.4 Å². The number of fused-ring (bicyclic) bond motifs is 1. The van der Waals surface area contributed by atoms with Crippen LogP contribution in [0.3, 0.4) is 0 Å². The SMILES string of the molecule is Cc1ccc2nc(CSCC(=O)N3CCC(C(C)O)CC3)cn2c1. The van der Waals surface area contributed by atoms with Crippen molar-refractivity contribution in [3.8, 4) is 0 Å². The van der Waals surface area contributed by atoms with Gasteiger partial charge in [0, 0.05) is 31.2 Å². The van der Waals surface area contributed by atoms with Crippen molar-refractivity contribution < 1.29 is 9.90 Å². The summed E-state index contributed by atoms with van der Waals surface area (Å²) in [5.41, 5.74) is 3.16. The summed E-state index contributed by atoms with van der Waals surface area (Å²) in [6.45, 7) is 5.44. The Morgan fingerprint density at radius 1 is 1.38 bits per heavy atom. The van der Waals surface area contributed by atoms with Crippen molar-refractivity contribution in [3.05, 3.63) is 35.8 Å². The number of amides is 1. The maximum atomic E-state index is 12.3. The van der Waals surface area contributed by atoms with Crippen molar-refractivity contribution in [3.63, 3.8) is 0 Å². The molecule has 1 aliphatic heterocycles. The second kappa shape index (κ2) is 7.57. The number of piperidine rings is 1. The number of nitrogens with zero attached hydrogens (tertiary/aromatic N) is 3. The first-order valence-corrected chi connectivity index (χ1v) is 9.66. The highest BCUT2D eigenvalue weighted by Gasteiger charge is 2.25. The molecule has 1 fully saturated rings. The molecule has 1 unspecified atom stereocenters. The molecule has 0 radical (unpaired) electrons. The first-order chi connectivity index (χ1) is 11.5. The number of aliphatic hydroxyl groups excluding tert-OH is 1. The van der Waals surface area contributed by atoms with Crippen LogP contribution in [-0.4, -0.2) is 50.2 Å². The molecule has 1 N–H and O–H groups in total. The van der Waals surface area contributed by atoms with Gasteiger partial charge in [-0.2, -0.15) is 0 Å². The summed E-state index contributed by atoms with van der Waals surface area (Å²) in [6, 6.07) is 4.07. The standard InChI is InChI=1S/C18H25N3O2S/c1-13-3-4-17-19-16(10-21(17)9-13)11-24-12-18(23)20-7-5-15(6-8-20)14(2)22/h3-4,9-10,14-15,22H,5-8,11-12H2,1-2H3. The number of aliphatic hydroxyl groups is 1. The Balaban J connectivity index is 1.46. The minimum Gasteiger partial charge on any atom is -0.393 e. The topological polar surface area (TPSA) is 57.8 Å². The van der Waals surface area contributed by atoms with Crippen molar-refractivity contribution in [2.24, 2.45) is 5.92 Å². The fourth-order valence-corrected chi connectivity index (χ4v) is 4.00. The molecule has 0 aromatic carbocycles. The van der Waals surface area contributed by atoms with Crippen LogP contribution >= 0.6 is 11.8 Å². The van der Waals surface area contributed by atoms with Crippen LogP contribution in [0.5, 0.6) is 0 Å². The fourth-order valence-electron chi connectivity index (χ4n) is 3.19. The van der Waals surface area contributed by atoms with Crippen LogP contribution in [0.4, 0.5) is 0 Å². The molecule has 0 bridgehead atoms. The van der Waals surface area contributed by atoms with Gasteiger partial charge in [-0.1, -0.05) is 6.07 Å². The second-order valence-corrected chi connectivity index (χ2v) is 7.64. The number of likely N-dealkylation sites (tertiary alicyclic amines) is 1. The van der Waals surface area contributed by atoms with Crippen LogP contribution in [-0.2, 0) is 10.5 Å². The van der Waals surface area contributed by atoms with E-state index in [1.807, 2.05) is 28.5 Å². The number of pyridine rings is 1. The lowest BCUT2D eigenvalue weighted by atomic mass is 9.92. The van der Waals surface area contributed by atoms with Gasteiger partial charge in [-0.25, -0.2) is 4.98 Å². The van der Waals surface area contributed by atoms with E-state index in [2.05, 4.69) is 24.2 Å². The van der Waals surface area contributed by atoms with Crippen LogP contribution in [0.2, 0.25) is 0 Å². The maximum Gasteiger partial charge on any atom is 0.232 e. The molecule has 3 heterocycles. The highest BCUT2D eigenvalue weighted by molar-refractivity contribution is 7.99. The van der Waals surface area contributed by atoms with E-state index >= 15 is 0 Å². The summed E-state index contributed by atoms with van der Waals surface area (Å²) < 4.78 is 2.04. The summed E-state index contributed by atoms with van der Waals surface area (Å²) in [5, 5.41) is 9.63. The van der Waals surface area contributed by atoms with E-state index in [0.29, 0.717) is 11.7 Å². The number of carbonyl (C=O) groups excluding carboxylic acids is 1. The van der Waals surface area contributed by atoms with Gasteiger partial charge in [0.25, 0.3) is 0 Å². The van der Waals surface area contributed by atoms with Crippen LogP contribution in [0, 0.1) is 12.8 Å². The molecule has 0 aliphatic carbocycles. The summed E-state index contributed by atoms with van der Waals surface area (Å²) in [7, 11) is 0. The molecule has 2 aromatic rings. The molecule has 2 aromatic heterocycles. The molecule has 5 nitrogen and oxygen atoms in total. The van der Waals surface area contributed by atoms with E-state index in [1.54, 1.807) is 11.8 Å². The molecule has 1 amide bonds. The van der Waals surface area contributed by atoms with E-state index in [-0.39, 0.29) is 12.0 Å². The first kappa shape index (κ1) is 17.3. The zero-order valence-corrected chi connectivity index (χ0v) is 15.1. The Kier molecular flexibility index (Phi) is 5.46. The van der Waals surface area contributed by atoms with Gasteiger partial charge >= 0.3 is 0 Å². The van der Waals surface area contributed by atoms with Gasteiger partial charge in [-0.15, -0.1) is 11.8 Å². The van der Waals surface area contributed by atoms with Crippen molar-refractivity contribution in [2.75, 3.05) is 18.8 Å². The normalized spacial score (nSPS) is 17.4. The average molecular weight is 347 g/mol. The van der Waals surface area contributed by atoms with Gasteiger partial charge in [0.15, 0.2) is 0 Å². The molecule has 0 saturated carbocycles. The molecular weight excluding hydrogens is 322 g/mol. The smallest absolute Gasteiger partial charge is 0.232 e. The number of aryl methyl sites for hydroxylation is 1. The summed E-state index contributed by atoms with van der Waals surface area (Å²) >= 11 is 1.62. The summed E-state index contributed by atoms with van der Waals surface area (Å²) in [4.78, 5) is 18.8. The van der Waals surface area contributed by atoms with Gasteiger partial charge in [0.05, 0.1) is 17.6 Å². The number of rotatable bonds is 5. The minimum atomic E-state index is -0.268. The second-order valence-electron chi connectivity index (χ2n) is 6.66. The Morgan fingerprint density at radius 3 is 2.83 bits per heavy atom. The monoisotopic (exact) mass is 347 g/mol. The summed E-state index contributed by atoms with van der Waals surface area (Å²) in [5.74, 6) is 1.77. The van der Waals surface area contributed by atoms with E-state index in [1.165, 1.54) is 5.56 Å². The fraction of sp³-hybridized carbons (Fsp3) is 0.556. The highest BCUT2D eigenvalue weighted by atomic mass is 32.2. The lowest BCUT2D eigenvalue weighted by molar-refractivity contribution is -0.130. The van der Waals surface area contributed by atoms with Crippen LogP contribution in [0.1, 0.15) is 31.0 Å². The lowest BCUT2D eigenvalue weighted by Crippen LogP contribution is -2.41. The Bertz CT molecular complexity index is 705. The number of hydrogen-bond acceptors (Lipinski definition) is 4. The van der Waals surface area contributed by atoms with Gasteiger partial charge in [-0.3, -0.25) is 4.79 Å². The molecule has 24 heavy (non-hydrogen) atoms. The lowest BCUT2D eigenvalue weighted by Gasteiger charge is -2.33. The van der Waals surface area contributed by atoms with Crippen molar-refractivity contribution in [1.29, 1.82) is 0 Å². The zero-order chi connectivity index (χ0) is 17.1.